The molecule has 0 aliphatic heterocycles. The zero-order valence-corrected chi connectivity index (χ0v) is 10.1. The molecule has 0 aliphatic carbocycles. The Morgan fingerprint density at radius 3 is 2.69 bits per heavy atom. The van der Waals surface area contributed by atoms with Crippen molar-refractivity contribution < 1.29 is 9.53 Å². The van der Waals surface area contributed by atoms with Gasteiger partial charge in [-0.15, -0.1) is 0 Å². The number of aryl methyl sites for hydroxylation is 1. The molecule has 0 spiro atoms. The van der Waals surface area contributed by atoms with Crippen LogP contribution in [0.1, 0.15) is 25.0 Å². The number of hydrogen-bond acceptors (Lipinski definition) is 5. The van der Waals surface area contributed by atoms with Crippen LogP contribution in [0.25, 0.3) is 0 Å². The van der Waals surface area contributed by atoms with E-state index in [1.807, 2.05) is 25.9 Å². The first kappa shape index (κ1) is 12.6. The highest BCUT2D eigenvalue weighted by Crippen LogP contribution is 2.03. The summed E-state index contributed by atoms with van der Waals surface area (Å²) in [7, 11) is 3.71. The number of carbonyl (C=O) groups excluding carboxylic acids is 1. The molecule has 0 fully saturated rings. The van der Waals surface area contributed by atoms with Crippen LogP contribution in [0.15, 0.2) is 0 Å². The van der Waals surface area contributed by atoms with Crippen molar-refractivity contribution in [2.45, 2.75) is 32.9 Å². The Balaban J connectivity index is 2.45. The Labute approximate surface area is 95.0 Å². The van der Waals surface area contributed by atoms with Gasteiger partial charge in [0.25, 0.3) is 0 Å². The molecule has 1 rings (SSSR count). The Hall–Kier alpha value is -1.43. The minimum absolute atomic E-state index is 0.119. The van der Waals surface area contributed by atoms with E-state index < -0.39 is 0 Å². The summed E-state index contributed by atoms with van der Waals surface area (Å²) in [6, 6.07) is -0.208. The number of esters is 1. The molecule has 1 atom stereocenters. The second-order valence-electron chi connectivity index (χ2n) is 3.83. The van der Waals surface area contributed by atoms with E-state index in [2.05, 4.69) is 15.2 Å². The molecular formula is C10H18N4O2. The van der Waals surface area contributed by atoms with Gasteiger partial charge in [-0.25, -0.2) is 4.98 Å². The van der Waals surface area contributed by atoms with E-state index in [1.54, 1.807) is 6.92 Å². The lowest BCUT2D eigenvalue weighted by Gasteiger charge is -2.20. The molecule has 1 aromatic heterocycles. The summed E-state index contributed by atoms with van der Waals surface area (Å²) in [4.78, 5) is 17.6. The highest BCUT2D eigenvalue weighted by Gasteiger charge is 2.20. The number of likely N-dealkylation sites (N-methyl/N-ethyl adjacent to an activating group) is 1. The van der Waals surface area contributed by atoms with Gasteiger partial charge in [-0.1, -0.05) is 6.92 Å². The first-order valence-corrected chi connectivity index (χ1v) is 5.25. The summed E-state index contributed by atoms with van der Waals surface area (Å²) in [5, 5.41) is 6.59. The number of ether oxygens (including phenoxy) is 1. The van der Waals surface area contributed by atoms with Crippen LogP contribution in [0.2, 0.25) is 0 Å². The average molecular weight is 226 g/mol. The summed E-state index contributed by atoms with van der Waals surface area (Å²) < 4.78 is 5.13. The summed E-state index contributed by atoms with van der Waals surface area (Å²) in [6.07, 6.45) is 0.721. The van der Waals surface area contributed by atoms with Crippen LogP contribution in [-0.2, 0) is 16.1 Å². The molecule has 0 aliphatic rings. The van der Waals surface area contributed by atoms with Crippen LogP contribution in [0.4, 0.5) is 0 Å². The molecule has 1 heterocycles. The third-order valence-electron chi connectivity index (χ3n) is 2.27. The van der Waals surface area contributed by atoms with Crippen molar-refractivity contribution in [3.05, 3.63) is 11.6 Å². The Bertz CT molecular complexity index is 348. The van der Waals surface area contributed by atoms with E-state index in [-0.39, 0.29) is 18.6 Å². The molecule has 16 heavy (non-hydrogen) atoms. The SMILES string of the molecule is CC[C@H](C(=O)OCc1n[nH]c(C)n1)N(C)C. The van der Waals surface area contributed by atoms with Gasteiger partial charge in [0.1, 0.15) is 11.9 Å². The first-order chi connectivity index (χ1) is 7.54. The predicted molar refractivity (Wildman–Crippen MR) is 58.7 cm³/mol. The predicted octanol–water partition coefficient (Wildman–Crippen LogP) is 0.497. The van der Waals surface area contributed by atoms with Crippen molar-refractivity contribution in [3.63, 3.8) is 0 Å². The van der Waals surface area contributed by atoms with Gasteiger partial charge in [-0.05, 0) is 27.4 Å². The molecule has 0 amide bonds. The number of H-pyrrole nitrogens is 1. The fourth-order valence-corrected chi connectivity index (χ4v) is 1.43. The lowest BCUT2D eigenvalue weighted by atomic mass is 10.2. The summed E-state index contributed by atoms with van der Waals surface area (Å²) in [5.74, 6) is 0.972. The highest BCUT2D eigenvalue weighted by atomic mass is 16.5. The monoisotopic (exact) mass is 226 g/mol. The molecular weight excluding hydrogens is 208 g/mol. The lowest BCUT2D eigenvalue weighted by Crippen LogP contribution is -2.36. The molecule has 1 N–H and O–H groups in total. The van der Waals surface area contributed by atoms with Crippen molar-refractivity contribution in [1.29, 1.82) is 0 Å². The quantitative estimate of drug-likeness (QED) is 0.740. The number of aromatic nitrogens is 3. The lowest BCUT2D eigenvalue weighted by molar-refractivity contribution is -0.150. The minimum Gasteiger partial charge on any atom is -0.456 e. The maximum absolute atomic E-state index is 11.7. The maximum atomic E-state index is 11.7. The van der Waals surface area contributed by atoms with Crippen LogP contribution < -0.4 is 0 Å². The largest absolute Gasteiger partial charge is 0.456 e. The molecule has 0 aromatic carbocycles. The zero-order valence-electron chi connectivity index (χ0n) is 10.1. The Kier molecular flexibility index (Phi) is 4.42. The topological polar surface area (TPSA) is 71.1 Å². The van der Waals surface area contributed by atoms with Crippen molar-refractivity contribution in [2.24, 2.45) is 0 Å². The maximum Gasteiger partial charge on any atom is 0.323 e. The number of rotatable bonds is 5. The Morgan fingerprint density at radius 2 is 2.25 bits per heavy atom. The number of nitrogens with zero attached hydrogens (tertiary/aromatic N) is 3. The van der Waals surface area contributed by atoms with Crippen LogP contribution in [0, 0.1) is 6.92 Å². The third-order valence-corrected chi connectivity index (χ3v) is 2.27. The van der Waals surface area contributed by atoms with Gasteiger partial charge in [-0.2, -0.15) is 5.10 Å². The standard InChI is InChI=1S/C10H18N4O2/c1-5-8(14(3)4)10(15)16-6-9-11-7(2)12-13-9/h8H,5-6H2,1-4H3,(H,11,12,13)/t8-/m1/s1. The second-order valence-corrected chi connectivity index (χ2v) is 3.83. The van der Waals surface area contributed by atoms with E-state index in [9.17, 15) is 4.79 Å². The molecule has 1 aromatic rings. The number of nitrogens with one attached hydrogen (secondary N) is 1. The van der Waals surface area contributed by atoms with E-state index in [1.165, 1.54) is 0 Å². The summed E-state index contributed by atoms with van der Waals surface area (Å²) >= 11 is 0. The fraction of sp³-hybridized carbons (Fsp3) is 0.700. The summed E-state index contributed by atoms with van der Waals surface area (Å²) in [5.41, 5.74) is 0. The van der Waals surface area contributed by atoms with Gasteiger partial charge in [0.15, 0.2) is 12.4 Å². The highest BCUT2D eigenvalue weighted by molar-refractivity contribution is 5.75. The van der Waals surface area contributed by atoms with E-state index >= 15 is 0 Å². The molecule has 90 valence electrons. The van der Waals surface area contributed by atoms with Crippen LogP contribution in [-0.4, -0.2) is 46.2 Å². The van der Waals surface area contributed by atoms with Gasteiger partial charge in [0.05, 0.1) is 0 Å². The van der Waals surface area contributed by atoms with E-state index in [4.69, 9.17) is 4.74 Å². The van der Waals surface area contributed by atoms with Crippen LogP contribution in [0.5, 0.6) is 0 Å². The molecule has 0 unspecified atom stereocenters. The number of aromatic amines is 1. The van der Waals surface area contributed by atoms with Crippen molar-refractivity contribution in [3.8, 4) is 0 Å². The number of carbonyl (C=O) groups is 1. The van der Waals surface area contributed by atoms with Gasteiger partial charge in [-0.3, -0.25) is 14.8 Å². The smallest absolute Gasteiger partial charge is 0.323 e. The fourth-order valence-electron chi connectivity index (χ4n) is 1.43. The van der Waals surface area contributed by atoms with Gasteiger partial charge in [0.2, 0.25) is 0 Å². The molecule has 0 bridgehead atoms. The molecule has 0 radical (unpaired) electrons. The average Bonchev–Trinajstić information content (AvgIpc) is 2.62. The van der Waals surface area contributed by atoms with Crippen molar-refractivity contribution >= 4 is 5.97 Å². The second kappa shape index (κ2) is 5.60. The molecule has 6 heteroatoms. The molecule has 6 nitrogen and oxygen atoms in total. The van der Waals surface area contributed by atoms with Crippen molar-refractivity contribution in [1.82, 2.24) is 20.1 Å². The van der Waals surface area contributed by atoms with Gasteiger partial charge >= 0.3 is 5.97 Å². The van der Waals surface area contributed by atoms with Crippen LogP contribution >= 0.6 is 0 Å². The van der Waals surface area contributed by atoms with Gasteiger partial charge < -0.3 is 4.74 Å². The zero-order chi connectivity index (χ0) is 12.1. The normalized spacial score (nSPS) is 12.8. The van der Waals surface area contributed by atoms with E-state index in [0.717, 1.165) is 6.42 Å². The first-order valence-electron chi connectivity index (χ1n) is 5.25. The molecule has 0 saturated heterocycles. The Morgan fingerprint density at radius 1 is 1.56 bits per heavy atom. The van der Waals surface area contributed by atoms with Gasteiger partial charge in [0, 0.05) is 0 Å². The minimum atomic E-state index is -0.241. The summed E-state index contributed by atoms with van der Waals surface area (Å²) in [6.45, 7) is 3.86. The van der Waals surface area contributed by atoms with E-state index in [0.29, 0.717) is 11.6 Å². The van der Waals surface area contributed by atoms with Crippen LogP contribution in [0.3, 0.4) is 0 Å². The number of hydrogen-bond donors (Lipinski definition) is 1. The molecule has 0 saturated carbocycles. The van der Waals surface area contributed by atoms with Crippen molar-refractivity contribution in [2.75, 3.05) is 14.1 Å². The third kappa shape index (κ3) is 3.30.